The summed E-state index contributed by atoms with van der Waals surface area (Å²) in [5, 5.41) is 12.3. The first-order valence-corrected chi connectivity index (χ1v) is 7.25. The second-order valence-corrected chi connectivity index (χ2v) is 6.34. The van der Waals surface area contributed by atoms with Crippen LogP contribution in [0.1, 0.15) is 33.1 Å². The van der Waals surface area contributed by atoms with Gasteiger partial charge >= 0.3 is 5.97 Å². The molecule has 0 aromatic carbocycles. The Bertz CT molecular complexity index is 383. The van der Waals surface area contributed by atoms with Gasteiger partial charge in [-0.05, 0) is 24.8 Å². The van der Waals surface area contributed by atoms with Crippen molar-refractivity contribution in [2.45, 2.75) is 45.2 Å². The minimum absolute atomic E-state index is 0.0178. The summed E-state index contributed by atoms with van der Waals surface area (Å²) in [6.07, 6.45) is 2.02. The zero-order valence-electron chi connectivity index (χ0n) is 12.2. The van der Waals surface area contributed by atoms with Gasteiger partial charge in [0.2, 0.25) is 5.91 Å². The van der Waals surface area contributed by atoms with Crippen molar-refractivity contribution in [3.63, 3.8) is 0 Å². The molecule has 0 bridgehead atoms. The monoisotopic (exact) mass is 284 g/mol. The molecule has 114 valence electrons. The number of amides is 1. The highest BCUT2D eigenvalue weighted by atomic mass is 16.5. The van der Waals surface area contributed by atoms with Gasteiger partial charge in [0.15, 0.2) is 0 Å². The van der Waals surface area contributed by atoms with Gasteiger partial charge in [-0.15, -0.1) is 0 Å². The molecular weight excluding hydrogens is 260 g/mol. The van der Waals surface area contributed by atoms with Gasteiger partial charge < -0.3 is 20.1 Å². The Morgan fingerprint density at radius 1 is 1.45 bits per heavy atom. The number of carboxylic acids is 1. The summed E-state index contributed by atoms with van der Waals surface area (Å²) >= 11 is 0. The minimum Gasteiger partial charge on any atom is -0.481 e. The van der Waals surface area contributed by atoms with Crippen LogP contribution in [0.4, 0.5) is 0 Å². The van der Waals surface area contributed by atoms with E-state index in [9.17, 15) is 9.59 Å². The first kappa shape index (κ1) is 15.3. The maximum absolute atomic E-state index is 12.8. The number of piperidine rings is 1. The molecule has 0 aliphatic carbocycles. The van der Waals surface area contributed by atoms with Crippen molar-refractivity contribution >= 4 is 11.9 Å². The Labute approximate surface area is 119 Å². The van der Waals surface area contributed by atoms with Gasteiger partial charge in [-0.2, -0.15) is 0 Å². The van der Waals surface area contributed by atoms with Crippen molar-refractivity contribution in [1.29, 1.82) is 0 Å². The number of carbonyl (C=O) groups excluding carboxylic acids is 1. The smallest absolute Gasteiger partial charge is 0.305 e. The van der Waals surface area contributed by atoms with Gasteiger partial charge in [-0.25, -0.2) is 0 Å². The van der Waals surface area contributed by atoms with E-state index in [1.807, 2.05) is 0 Å². The van der Waals surface area contributed by atoms with Gasteiger partial charge in [0.05, 0.1) is 31.7 Å². The molecule has 0 aromatic heterocycles. The summed E-state index contributed by atoms with van der Waals surface area (Å²) in [5.74, 6) is -0.876. The molecule has 2 heterocycles. The topological polar surface area (TPSA) is 78.9 Å². The third-order valence-electron chi connectivity index (χ3n) is 4.30. The van der Waals surface area contributed by atoms with Crippen LogP contribution in [0.25, 0.3) is 0 Å². The SMILES string of the molecule is CC1(C)CCCNC1C(=O)N1CCOCC1CC(=O)O. The molecule has 2 N–H and O–H groups in total. The molecule has 0 aromatic rings. The third kappa shape index (κ3) is 3.30. The summed E-state index contributed by atoms with van der Waals surface area (Å²) in [6, 6.07) is -0.584. The van der Waals surface area contributed by atoms with Gasteiger partial charge in [-0.1, -0.05) is 13.8 Å². The maximum atomic E-state index is 12.8. The van der Waals surface area contributed by atoms with E-state index < -0.39 is 5.97 Å². The number of rotatable bonds is 3. The molecule has 0 saturated carbocycles. The Kier molecular flexibility index (Phi) is 4.65. The van der Waals surface area contributed by atoms with Crippen molar-refractivity contribution in [2.24, 2.45) is 5.41 Å². The summed E-state index contributed by atoms with van der Waals surface area (Å²) in [7, 11) is 0. The number of hydrogen-bond acceptors (Lipinski definition) is 4. The standard InChI is InChI=1S/C14H24N2O4/c1-14(2)4-3-5-15-12(14)13(19)16-6-7-20-9-10(16)8-11(17)18/h10,12,15H,3-9H2,1-2H3,(H,17,18). The highest BCUT2D eigenvalue weighted by molar-refractivity contribution is 5.84. The highest BCUT2D eigenvalue weighted by Crippen LogP contribution is 2.31. The van der Waals surface area contributed by atoms with Crippen molar-refractivity contribution in [3.05, 3.63) is 0 Å². The van der Waals surface area contributed by atoms with Crippen LogP contribution >= 0.6 is 0 Å². The number of nitrogens with one attached hydrogen (secondary N) is 1. The number of aliphatic carboxylic acids is 1. The lowest BCUT2D eigenvalue weighted by Gasteiger charge is -2.43. The average molecular weight is 284 g/mol. The number of nitrogens with zero attached hydrogens (tertiary/aromatic N) is 1. The molecule has 2 aliphatic rings. The van der Waals surface area contributed by atoms with Crippen LogP contribution in [0, 0.1) is 5.41 Å². The van der Waals surface area contributed by atoms with Gasteiger partial charge in [0.1, 0.15) is 0 Å². The molecule has 2 unspecified atom stereocenters. The Balaban J connectivity index is 2.10. The predicted molar refractivity (Wildman–Crippen MR) is 73.4 cm³/mol. The first-order chi connectivity index (χ1) is 9.42. The van der Waals surface area contributed by atoms with Crippen LogP contribution < -0.4 is 5.32 Å². The van der Waals surface area contributed by atoms with Crippen molar-refractivity contribution in [3.8, 4) is 0 Å². The molecule has 2 aliphatic heterocycles. The number of carbonyl (C=O) groups is 2. The van der Waals surface area contributed by atoms with Crippen molar-refractivity contribution in [1.82, 2.24) is 10.2 Å². The van der Waals surface area contributed by atoms with Crippen LogP contribution in [-0.4, -0.2) is 60.3 Å². The first-order valence-electron chi connectivity index (χ1n) is 7.25. The normalized spacial score (nSPS) is 30.0. The van der Waals surface area contributed by atoms with E-state index in [4.69, 9.17) is 9.84 Å². The largest absolute Gasteiger partial charge is 0.481 e. The van der Waals surface area contributed by atoms with Gasteiger partial charge in [0, 0.05) is 6.54 Å². The molecule has 20 heavy (non-hydrogen) atoms. The van der Waals surface area contributed by atoms with E-state index in [0.717, 1.165) is 19.4 Å². The molecule has 2 saturated heterocycles. The van der Waals surface area contributed by atoms with E-state index in [1.54, 1.807) is 4.90 Å². The minimum atomic E-state index is -0.894. The lowest BCUT2D eigenvalue weighted by Crippen LogP contribution is -2.60. The molecule has 2 atom stereocenters. The van der Waals surface area contributed by atoms with E-state index in [0.29, 0.717) is 19.8 Å². The maximum Gasteiger partial charge on any atom is 0.305 e. The van der Waals surface area contributed by atoms with Crippen LogP contribution in [-0.2, 0) is 14.3 Å². The second-order valence-electron chi connectivity index (χ2n) is 6.34. The van der Waals surface area contributed by atoms with Gasteiger partial charge in [-0.3, -0.25) is 9.59 Å². The second kappa shape index (κ2) is 6.10. The molecule has 2 fully saturated rings. The quantitative estimate of drug-likeness (QED) is 0.787. The van der Waals surface area contributed by atoms with Crippen LogP contribution in [0.3, 0.4) is 0 Å². The third-order valence-corrected chi connectivity index (χ3v) is 4.30. The number of carboxylic acid groups (broad SMARTS) is 1. The average Bonchev–Trinajstić information content (AvgIpc) is 2.37. The molecule has 2 rings (SSSR count). The number of morpholine rings is 1. The lowest BCUT2D eigenvalue weighted by molar-refractivity contribution is -0.150. The molecule has 6 nitrogen and oxygen atoms in total. The van der Waals surface area contributed by atoms with Crippen molar-refractivity contribution < 1.29 is 19.4 Å². The number of ether oxygens (including phenoxy) is 1. The van der Waals surface area contributed by atoms with E-state index >= 15 is 0 Å². The summed E-state index contributed by atoms with van der Waals surface area (Å²) in [5.41, 5.74) is -0.0958. The van der Waals surface area contributed by atoms with Crippen molar-refractivity contribution in [2.75, 3.05) is 26.3 Å². The molecular formula is C14H24N2O4. The zero-order chi connectivity index (χ0) is 14.8. The van der Waals surface area contributed by atoms with Crippen LogP contribution in [0.15, 0.2) is 0 Å². The molecule has 0 radical (unpaired) electrons. The Morgan fingerprint density at radius 2 is 2.20 bits per heavy atom. The fraction of sp³-hybridized carbons (Fsp3) is 0.857. The van der Waals surface area contributed by atoms with E-state index in [1.165, 1.54) is 0 Å². The lowest BCUT2D eigenvalue weighted by atomic mass is 9.77. The molecule has 1 amide bonds. The summed E-state index contributed by atoms with van der Waals surface area (Å²) in [6.45, 7) is 6.29. The summed E-state index contributed by atoms with van der Waals surface area (Å²) < 4.78 is 5.33. The zero-order valence-corrected chi connectivity index (χ0v) is 12.2. The van der Waals surface area contributed by atoms with E-state index in [2.05, 4.69) is 19.2 Å². The number of hydrogen-bond donors (Lipinski definition) is 2. The molecule has 6 heteroatoms. The Hall–Kier alpha value is -1.14. The van der Waals surface area contributed by atoms with Crippen LogP contribution in [0.2, 0.25) is 0 Å². The van der Waals surface area contributed by atoms with Crippen LogP contribution in [0.5, 0.6) is 0 Å². The fourth-order valence-corrected chi connectivity index (χ4v) is 3.11. The highest BCUT2D eigenvalue weighted by Gasteiger charge is 2.41. The molecule has 0 spiro atoms. The fourth-order valence-electron chi connectivity index (χ4n) is 3.11. The van der Waals surface area contributed by atoms with Gasteiger partial charge in [0.25, 0.3) is 0 Å². The predicted octanol–water partition coefficient (Wildman–Crippen LogP) is 0.467. The van der Waals surface area contributed by atoms with E-state index in [-0.39, 0.29) is 29.8 Å². The Morgan fingerprint density at radius 3 is 2.85 bits per heavy atom. The summed E-state index contributed by atoms with van der Waals surface area (Å²) in [4.78, 5) is 25.4.